The monoisotopic (exact) mass is 778 g/mol. The Kier molecular flexibility index (Phi) is 10.1. The number of phenols is 2. The third-order valence-corrected chi connectivity index (χ3v) is 27.4. The first-order chi connectivity index (χ1) is 25.4. The van der Waals surface area contributed by atoms with Crippen molar-refractivity contribution in [1.82, 2.24) is 9.13 Å². The number of aromatic nitrogens is 2. The first kappa shape index (κ1) is 36.9. The van der Waals surface area contributed by atoms with Crippen molar-refractivity contribution in [3.05, 3.63) is 120 Å². The molecule has 4 nitrogen and oxygen atoms in total. The van der Waals surface area contributed by atoms with E-state index in [4.69, 9.17) is 0 Å². The summed E-state index contributed by atoms with van der Waals surface area (Å²) in [7, 11) is 0.508. The molecule has 2 aliphatic rings. The summed E-state index contributed by atoms with van der Waals surface area (Å²) in [5.74, 6) is 2.85. The number of para-hydroxylation sites is 2. The Hall–Kier alpha value is -3.03. The molecule has 0 radical (unpaired) electrons. The molecule has 276 valence electrons. The molecule has 6 aromatic rings. The van der Waals surface area contributed by atoms with Crippen molar-refractivity contribution < 1.29 is 25.7 Å². The minimum atomic E-state index is -0.355. The molecule has 1 aliphatic carbocycles. The number of phenolic OH excluding ortho intramolecular Hbond substituents is 2. The van der Waals surface area contributed by atoms with Crippen molar-refractivity contribution in [2.45, 2.75) is 113 Å². The maximum atomic E-state index is 12.2. The van der Waals surface area contributed by atoms with E-state index in [0.717, 1.165) is 45.0 Å². The topological polar surface area (TPSA) is 50.3 Å². The minimum absolute atomic E-state index is 0.0410. The van der Waals surface area contributed by atoms with E-state index < -0.39 is 0 Å². The van der Waals surface area contributed by atoms with Crippen molar-refractivity contribution in [2.24, 2.45) is 0 Å². The molecule has 2 N–H and O–H groups in total. The van der Waals surface area contributed by atoms with Gasteiger partial charge in [0.2, 0.25) is 0 Å². The van der Waals surface area contributed by atoms with Crippen LogP contribution in [0, 0.1) is 0 Å². The summed E-state index contributed by atoms with van der Waals surface area (Å²) in [6.45, 7) is 13.7. The van der Waals surface area contributed by atoms with E-state index in [-0.39, 0.29) is 42.2 Å². The van der Waals surface area contributed by atoms with Gasteiger partial charge in [-0.2, -0.15) is 0 Å². The molecule has 3 heterocycles. The van der Waals surface area contributed by atoms with E-state index in [2.05, 4.69) is 148 Å². The number of hydrogen-bond acceptors (Lipinski definition) is 2. The molecule has 0 saturated heterocycles. The van der Waals surface area contributed by atoms with Gasteiger partial charge in [0.25, 0.3) is 0 Å². The SMILES string of the molecule is CC(C)(C)c1cc(C[S]2=[Ti]=[S](Cc3cc(C(C)(C)C)cc(-n4ccc5ccccc54)c3O)[C@H]3CCCCCCC32)c(O)c(-n2ccc3ccccc32)c1. The third kappa shape index (κ3) is 7.26. The van der Waals surface area contributed by atoms with Gasteiger partial charge in [0.05, 0.1) is 0 Å². The van der Waals surface area contributed by atoms with Gasteiger partial charge < -0.3 is 0 Å². The molecule has 0 amide bonds. The van der Waals surface area contributed by atoms with E-state index >= 15 is 0 Å². The summed E-state index contributed by atoms with van der Waals surface area (Å²) in [4.78, 5) is 0. The standard InChI is InChI=1S/C46H54N2O2S2.Ti/c1-45(2,3)35-25-33(43(49)39(27-35)47-23-21-31-15-11-13-17-37(31)47)29-51-41-19-9-7-8-10-20-42(41)52-30-34-26-36(46(4,5)6)28-40(44(34)50)48-24-22-32-16-12-14-18-38(32)48;/h11-18,21-28,41-42,49-50H,7-10,19-20,29-30H2,1-6H3;/t41-,42?;/m0./s1. The fraction of sp³-hybridized carbons (Fsp3) is 0.391. The van der Waals surface area contributed by atoms with Crippen molar-refractivity contribution in [3.8, 4) is 22.9 Å². The van der Waals surface area contributed by atoms with Crippen LogP contribution in [-0.2, 0) is 37.8 Å². The first-order valence-electron chi connectivity index (χ1n) is 19.4. The van der Waals surface area contributed by atoms with Gasteiger partial charge in [0.15, 0.2) is 0 Å². The summed E-state index contributed by atoms with van der Waals surface area (Å²) in [6, 6.07) is 30.4. The van der Waals surface area contributed by atoms with Gasteiger partial charge >= 0.3 is 328 Å². The molecular weight excluding hydrogens is 725 g/mol. The molecule has 4 atom stereocenters. The Bertz CT molecular complexity index is 2250. The number of benzene rings is 4. The van der Waals surface area contributed by atoms with Crippen LogP contribution in [0.25, 0.3) is 33.2 Å². The molecule has 0 spiro atoms. The molecule has 53 heavy (non-hydrogen) atoms. The molecule has 2 aromatic heterocycles. The Morgan fingerprint density at radius 3 is 1.42 bits per heavy atom. The van der Waals surface area contributed by atoms with Gasteiger partial charge in [-0.25, -0.2) is 0 Å². The average molecular weight is 779 g/mol. The van der Waals surface area contributed by atoms with Crippen LogP contribution >= 0.6 is 15.9 Å². The van der Waals surface area contributed by atoms with E-state index in [0.29, 0.717) is 22.0 Å². The maximum absolute atomic E-state index is 12.2. The van der Waals surface area contributed by atoms with Crippen LogP contribution in [0.3, 0.4) is 0 Å². The number of nitrogens with zero attached hydrogens (tertiary/aromatic N) is 2. The zero-order chi connectivity index (χ0) is 37.1. The van der Waals surface area contributed by atoms with Crippen LogP contribution in [0.5, 0.6) is 11.5 Å². The van der Waals surface area contributed by atoms with Crippen LogP contribution in [0.1, 0.15) is 102 Å². The second kappa shape index (κ2) is 14.6. The van der Waals surface area contributed by atoms with Crippen molar-refractivity contribution in [2.75, 3.05) is 0 Å². The van der Waals surface area contributed by atoms with Gasteiger partial charge in [0.1, 0.15) is 0 Å². The molecule has 1 fully saturated rings. The van der Waals surface area contributed by atoms with Crippen molar-refractivity contribution in [3.63, 3.8) is 0 Å². The van der Waals surface area contributed by atoms with Gasteiger partial charge in [-0.3, -0.25) is 0 Å². The predicted molar refractivity (Wildman–Crippen MR) is 225 cm³/mol. The zero-order valence-electron chi connectivity index (χ0n) is 32.2. The summed E-state index contributed by atoms with van der Waals surface area (Å²) in [5, 5.41) is 28.2. The van der Waals surface area contributed by atoms with Gasteiger partial charge in [-0.15, -0.1) is 0 Å². The molecule has 4 aromatic carbocycles. The van der Waals surface area contributed by atoms with E-state index in [1.165, 1.54) is 60.4 Å². The zero-order valence-corrected chi connectivity index (χ0v) is 35.3. The second-order valence-corrected chi connectivity index (χ2v) is 28.7. The van der Waals surface area contributed by atoms with Gasteiger partial charge in [0, 0.05) is 0 Å². The molecule has 7 heteroatoms. The Labute approximate surface area is 325 Å². The van der Waals surface area contributed by atoms with Crippen molar-refractivity contribution >= 4 is 37.7 Å². The van der Waals surface area contributed by atoms with Gasteiger partial charge in [-0.1, -0.05) is 0 Å². The number of fused-ring (bicyclic) bond motifs is 3. The van der Waals surface area contributed by atoms with Crippen molar-refractivity contribution in [1.29, 1.82) is 0 Å². The Balaban J connectivity index is 1.25. The van der Waals surface area contributed by atoms with Crippen LogP contribution in [0.2, 0.25) is 0 Å². The molecule has 0 bridgehead atoms. The summed E-state index contributed by atoms with van der Waals surface area (Å²) >= 11 is -0.355. The number of aromatic hydroxyl groups is 2. The molecular formula is C46H54N2O2S2Ti. The summed E-state index contributed by atoms with van der Waals surface area (Å²) < 4.78 is 4.38. The predicted octanol–water partition coefficient (Wildman–Crippen LogP) is 12.8. The molecule has 1 aliphatic heterocycles. The van der Waals surface area contributed by atoms with Crippen LogP contribution in [0.4, 0.5) is 0 Å². The molecule has 1 saturated carbocycles. The van der Waals surface area contributed by atoms with Crippen LogP contribution in [0.15, 0.2) is 97.3 Å². The van der Waals surface area contributed by atoms with Gasteiger partial charge in [-0.05, 0) is 0 Å². The van der Waals surface area contributed by atoms with Crippen LogP contribution in [-0.4, -0.2) is 29.8 Å². The average Bonchev–Trinajstić information content (AvgIpc) is 3.81. The number of rotatable bonds is 6. The fourth-order valence-electron chi connectivity index (χ4n) is 8.33. The summed E-state index contributed by atoms with van der Waals surface area (Å²) in [6.07, 6.45) is 12.2. The third-order valence-electron chi connectivity index (χ3n) is 11.5. The number of hydrogen-bond donors (Lipinski definition) is 2. The normalized spacial score (nSPS) is 20.9. The van der Waals surface area contributed by atoms with E-state index in [1.807, 2.05) is 0 Å². The fourth-order valence-corrected chi connectivity index (χ4v) is 29.2. The molecule has 8 rings (SSSR count). The van der Waals surface area contributed by atoms with E-state index in [9.17, 15) is 10.2 Å². The Morgan fingerprint density at radius 1 is 0.585 bits per heavy atom. The second-order valence-electron chi connectivity index (χ2n) is 17.3. The quantitative estimate of drug-likeness (QED) is 0.165. The Morgan fingerprint density at radius 2 is 1.00 bits per heavy atom. The molecule has 3 unspecified atom stereocenters. The van der Waals surface area contributed by atoms with Crippen LogP contribution < -0.4 is 0 Å². The summed E-state index contributed by atoms with van der Waals surface area (Å²) in [5.41, 5.74) is 8.79. The van der Waals surface area contributed by atoms with E-state index in [1.54, 1.807) is 0 Å². The first-order valence-corrected chi connectivity index (χ1v) is 26.1.